The molecule has 1 unspecified atom stereocenters. The first-order chi connectivity index (χ1) is 6.63. The molecule has 0 spiro atoms. The van der Waals surface area contributed by atoms with Crippen molar-refractivity contribution in [3.05, 3.63) is 34.9 Å². The zero-order valence-electron chi connectivity index (χ0n) is 8.96. The molecular formula is C12H19NO. The molecule has 1 aromatic carbocycles. The third-order valence-electron chi connectivity index (χ3n) is 2.49. The second kappa shape index (κ2) is 5.13. The van der Waals surface area contributed by atoms with Gasteiger partial charge in [-0.3, -0.25) is 0 Å². The van der Waals surface area contributed by atoms with E-state index in [9.17, 15) is 0 Å². The van der Waals surface area contributed by atoms with Crippen LogP contribution in [0.25, 0.3) is 0 Å². The Morgan fingerprint density at radius 1 is 1.36 bits per heavy atom. The van der Waals surface area contributed by atoms with Gasteiger partial charge in [-0.1, -0.05) is 23.8 Å². The lowest BCUT2D eigenvalue weighted by Crippen LogP contribution is -2.24. The van der Waals surface area contributed by atoms with Gasteiger partial charge in [0.05, 0.1) is 0 Å². The summed E-state index contributed by atoms with van der Waals surface area (Å²) in [5, 5.41) is 8.76. The van der Waals surface area contributed by atoms with E-state index in [2.05, 4.69) is 32.0 Å². The largest absolute Gasteiger partial charge is 0.396 e. The molecule has 0 aliphatic carbocycles. The van der Waals surface area contributed by atoms with Crippen molar-refractivity contribution in [2.24, 2.45) is 5.73 Å². The van der Waals surface area contributed by atoms with Crippen molar-refractivity contribution in [3.63, 3.8) is 0 Å². The molecule has 1 rings (SSSR count). The number of aliphatic hydroxyl groups excluding tert-OH is 1. The molecule has 1 atom stereocenters. The quantitative estimate of drug-likeness (QED) is 0.762. The molecule has 0 radical (unpaired) electrons. The molecule has 0 heterocycles. The number of rotatable bonds is 4. The Labute approximate surface area is 85.8 Å². The van der Waals surface area contributed by atoms with Crippen LogP contribution in [-0.4, -0.2) is 17.8 Å². The van der Waals surface area contributed by atoms with Crippen molar-refractivity contribution in [1.29, 1.82) is 0 Å². The molecule has 2 nitrogen and oxygen atoms in total. The van der Waals surface area contributed by atoms with Gasteiger partial charge >= 0.3 is 0 Å². The highest BCUT2D eigenvalue weighted by molar-refractivity contribution is 5.31. The molecule has 0 aliphatic rings. The SMILES string of the molecule is Cc1ccc(C)c(CC(N)CCO)c1. The monoisotopic (exact) mass is 193 g/mol. The summed E-state index contributed by atoms with van der Waals surface area (Å²) in [5.41, 5.74) is 9.72. The fourth-order valence-electron chi connectivity index (χ4n) is 1.57. The Hall–Kier alpha value is -0.860. The summed E-state index contributed by atoms with van der Waals surface area (Å²) in [5.74, 6) is 0. The third-order valence-corrected chi connectivity index (χ3v) is 2.49. The van der Waals surface area contributed by atoms with Crippen LogP contribution in [0, 0.1) is 13.8 Å². The Kier molecular flexibility index (Phi) is 4.11. The summed E-state index contributed by atoms with van der Waals surface area (Å²) in [4.78, 5) is 0. The predicted molar refractivity (Wildman–Crippen MR) is 59.3 cm³/mol. The highest BCUT2D eigenvalue weighted by atomic mass is 16.3. The van der Waals surface area contributed by atoms with E-state index >= 15 is 0 Å². The van der Waals surface area contributed by atoms with Gasteiger partial charge in [0.1, 0.15) is 0 Å². The molecule has 1 aromatic rings. The van der Waals surface area contributed by atoms with E-state index in [4.69, 9.17) is 10.8 Å². The number of nitrogens with two attached hydrogens (primary N) is 1. The van der Waals surface area contributed by atoms with E-state index < -0.39 is 0 Å². The summed E-state index contributed by atoms with van der Waals surface area (Å²) in [6.45, 7) is 4.35. The molecule has 0 aromatic heterocycles. The highest BCUT2D eigenvalue weighted by Gasteiger charge is 2.05. The molecule has 0 aliphatic heterocycles. The smallest absolute Gasteiger partial charge is 0.0445 e. The Balaban J connectivity index is 2.70. The lowest BCUT2D eigenvalue weighted by molar-refractivity contribution is 0.275. The summed E-state index contributed by atoms with van der Waals surface area (Å²) in [7, 11) is 0. The van der Waals surface area contributed by atoms with Crippen LogP contribution >= 0.6 is 0 Å². The maximum Gasteiger partial charge on any atom is 0.0445 e. The third kappa shape index (κ3) is 3.13. The summed E-state index contributed by atoms with van der Waals surface area (Å²) in [6.07, 6.45) is 1.53. The molecule has 0 amide bonds. The highest BCUT2D eigenvalue weighted by Crippen LogP contribution is 2.13. The van der Waals surface area contributed by atoms with Crippen LogP contribution < -0.4 is 5.73 Å². The Bertz CT molecular complexity index is 296. The van der Waals surface area contributed by atoms with E-state index in [0.29, 0.717) is 6.42 Å². The van der Waals surface area contributed by atoms with E-state index in [0.717, 1.165) is 6.42 Å². The van der Waals surface area contributed by atoms with Crippen LogP contribution in [0.1, 0.15) is 23.1 Å². The van der Waals surface area contributed by atoms with Crippen molar-refractivity contribution in [1.82, 2.24) is 0 Å². The molecule has 0 fully saturated rings. The van der Waals surface area contributed by atoms with Gasteiger partial charge in [0.15, 0.2) is 0 Å². The number of aliphatic hydroxyl groups is 1. The molecule has 2 heteroatoms. The zero-order valence-corrected chi connectivity index (χ0v) is 8.96. The predicted octanol–water partition coefficient (Wildman–Crippen LogP) is 1.56. The first-order valence-corrected chi connectivity index (χ1v) is 5.06. The van der Waals surface area contributed by atoms with Crippen molar-refractivity contribution >= 4 is 0 Å². The molecule has 3 N–H and O–H groups in total. The number of benzene rings is 1. The average molecular weight is 193 g/mol. The molecule has 0 saturated heterocycles. The van der Waals surface area contributed by atoms with Crippen molar-refractivity contribution < 1.29 is 5.11 Å². The first-order valence-electron chi connectivity index (χ1n) is 5.06. The first kappa shape index (κ1) is 11.2. The van der Waals surface area contributed by atoms with Gasteiger partial charge in [0.25, 0.3) is 0 Å². The van der Waals surface area contributed by atoms with Gasteiger partial charge in [-0.15, -0.1) is 0 Å². The topological polar surface area (TPSA) is 46.2 Å². The van der Waals surface area contributed by atoms with Crippen molar-refractivity contribution in [2.45, 2.75) is 32.7 Å². The van der Waals surface area contributed by atoms with E-state index in [-0.39, 0.29) is 12.6 Å². The minimum atomic E-state index is 0.0699. The lowest BCUT2D eigenvalue weighted by Gasteiger charge is -2.12. The summed E-state index contributed by atoms with van der Waals surface area (Å²) in [6, 6.07) is 6.47. The van der Waals surface area contributed by atoms with Crippen LogP contribution in [0.2, 0.25) is 0 Å². The zero-order chi connectivity index (χ0) is 10.6. The van der Waals surface area contributed by atoms with Gasteiger partial charge < -0.3 is 10.8 Å². The maximum absolute atomic E-state index is 8.76. The Morgan fingerprint density at radius 2 is 2.07 bits per heavy atom. The maximum atomic E-state index is 8.76. The standard InChI is InChI=1S/C12H19NO/c1-9-3-4-10(2)11(7-9)8-12(13)5-6-14/h3-4,7,12,14H,5-6,8,13H2,1-2H3. The average Bonchev–Trinajstić information content (AvgIpc) is 2.12. The van der Waals surface area contributed by atoms with Crippen LogP contribution in [-0.2, 0) is 6.42 Å². The second-order valence-electron chi connectivity index (χ2n) is 3.91. The van der Waals surface area contributed by atoms with E-state index in [1.165, 1.54) is 16.7 Å². The summed E-state index contributed by atoms with van der Waals surface area (Å²) >= 11 is 0. The van der Waals surface area contributed by atoms with Crippen LogP contribution in [0.5, 0.6) is 0 Å². The molecule has 78 valence electrons. The molecule has 14 heavy (non-hydrogen) atoms. The molecule has 0 bridgehead atoms. The number of hydrogen-bond donors (Lipinski definition) is 2. The van der Waals surface area contributed by atoms with Gasteiger partial charge in [-0.2, -0.15) is 0 Å². The summed E-state index contributed by atoms with van der Waals surface area (Å²) < 4.78 is 0. The molecular weight excluding hydrogens is 174 g/mol. The van der Waals surface area contributed by atoms with Crippen molar-refractivity contribution in [2.75, 3.05) is 6.61 Å². The van der Waals surface area contributed by atoms with Gasteiger partial charge in [0, 0.05) is 12.6 Å². The van der Waals surface area contributed by atoms with Crippen LogP contribution in [0.3, 0.4) is 0 Å². The van der Waals surface area contributed by atoms with Gasteiger partial charge in [0.2, 0.25) is 0 Å². The second-order valence-corrected chi connectivity index (χ2v) is 3.91. The minimum Gasteiger partial charge on any atom is -0.396 e. The van der Waals surface area contributed by atoms with Crippen molar-refractivity contribution in [3.8, 4) is 0 Å². The van der Waals surface area contributed by atoms with E-state index in [1.54, 1.807) is 0 Å². The normalized spacial score (nSPS) is 12.9. The fourth-order valence-corrected chi connectivity index (χ4v) is 1.57. The fraction of sp³-hybridized carbons (Fsp3) is 0.500. The van der Waals surface area contributed by atoms with Gasteiger partial charge in [-0.05, 0) is 37.8 Å². The minimum absolute atomic E-state index is 0.0699. The lowest BCUT2D eigenvalue weighted by atomic mass is 9.98. The van der Waals surface area contributed by atoms with Gasteiger partial charge in [-0.25, -0.2) is 0 Å². The number of aryl methyl sites for hydroxylation is 2. The molecule has 0 saturated carbocycles. The van der Waals surface area contributed by atoms with E-state index in [1.807, 2.05) is 0 Å². The van der Waals surface area contributed by atoms with Crippen LogP contribution in [0.15, 0.2) is 18.2 Å². The van der Waals surface area contributed by atoms with Crippen LogP contribution in [0.4, 0.5) is 0 Å². The Morgan fingerprint density at radius 3 is 2.71 bits per heavy atom. The number of hydrogen-bond acceptors (Lipinski definition) is 2.